The third kappa shape index (κ3) is 11.0. The number of hydrogen-bond donors (Lipinski definition) is 7. The van der Waals surface area contributed by atoms with Gasteiger partial charge in [-0.2, -0.15) is 12.6 Å². The van der Waals surface area contributed by atoms with Gasteiger partial charge in [-0.3, -0.25) is 30.4 Å². The minimum absolute atomic E-state index is 0.0868. The molecule has 11 heteroatoms. The van der Waals surface area contributed by atoms with Gasteiger partial charge in [0.1, 0.15) is 11.8 Å². The van der Waals surface area contributed by atoms with Gasteiger partial charge in [-0.25, -0.2) is 0 Å². The van der Waals surface area contributed by atoms with Crippen molar-refractivity contribution in [3.05, 3.63) is 0 Å². The normalized spacial score (nSPS) is 12.8. The number of nitrogens with two attached hydrogens (primary N) is 1. The summed E-state index contributed by atoms with van der Waals surface area (Å²) in [4.78, 5) is 46.3. The fraction of sp³-hybridized carbons (Fsp3) is 0.733. The molecule has 26 heavy (non-hydrogen) atoms. The highest BCUT2D eigenvalue weighted by Gasteiger charge is 2.19. The Balaban J connectivity index is 4.07. The number of ketones is 1. The second-order valence-electron chi connectivity index (χ2n) is 5.70. The Labute approximate surface area is 159 Å². The predicted octanol–water partition coefficient (Wildman–Crippen LogP) is -2.56. The van der Waals surface area contributed by atoms with Gasteiger partial charge in [0.25, 0.3) is 0 Å². The summed E-state index contributed by atoms with van der Waals surface area (Å²) in [5, 5.41) is 10.5. The van der Waals surface area contributed by atoms with E-state index in [-0.39, 0.29) is 36.6 Å². The summed E-state index contributed by atoms with van der Waals surface area (Å²) in [5.74, 6) is 3.93. The molecular weight excluding hydrogens is 360 g/mol. The maximum absolute atomic E-state index is 12.1. The average Bonchev–Trinajstić information content (AvgIpc) is 2.60. The Bertz CT molecular complexity index is 477. The molecule has 0 heterocycles. The molecule has 0 aliphatic rings. The molecule has 0 saturated heterocycles. The number of carbonyl (C=O) groups excluding carboxylic acids is 4. The van der Waals surface area contributed by atoms with Crippen molar-refractivity contribution in [3.63, 3.8) is 0 Å². The number of hydrogen-bond acceptors (Lipinski definition) is 8. The number of Topliss-reactive ketones (excluding diaryl/α,β-unsaturated/α-hetero) is 1. The van der Waals surface area contributed by atoms with E-state index >= 15 is 0 Å². The van der Waals surface area contributed by atoms with Gasteiger partial charge in [-0.15, -0.1) is 0 Å². The van der Waals surface area contributed by atoms with E-state index in [4.69, 9.17) is 5.84 Å². The summed E-state index contributed by atoms with van der Waals surface area (Å²) < 4.78 is 0. The maximum atomic E-state index is 12.1. The first kappa shape index (κ1) is 24.3. The summed E-state index contributed by atoms with van der Waals surface area (Å²) in [6.07, 6.45) is 2.20. The van der Waals surface area contributed by atoms with E-state index in [1.165, 1.54) is 6.92 Å². The lowest BCUT2D eigenvalue weighted by Crippen LogP contribution is -2.51. The van der Waals surface area contributed by atoms with Gasteiger partial charge in [0, 0.05) is 12.3 Å². The molecule has 10 nitrogen and oxygen atoms in total. The second-order valence-corrected chi connectivity index (χ2v) is 6.06. The molecule has 0 aliphatic carbocycles. The highest BCUT2D eigenvalue weighted by Crippen LogP contribution is 2.01. The van der Waals surface area contributed by atoms with Crippen LogP contribution in [0.1, 0.15) is 26.2 Å². The zero-order valence-electron chi connectivity index (χ0n) is 15.3. The van der Waals surface area contributed by atoms with Gasteiger partial charge in [0.05, 0.1) is 19.1 Å². The summed E-state index contributed by atoms with van der Waals surface area (Å²) >= 11 is 4.06. The van der Waals surface area contributed by atoms with Crippen LogP contribution in [0.15, 0.2) is 0 Å². The first-order valence-electron chi connectivity index (χ1n) is 8.41. The lowest BCUT2D eigenvalue weighted by atomic mass is 10.1. The third-order valence-electron chi connectivity index (χ3n) is 3.60. The van der Waals surface area contributed by atoms with Crippen molar-refractivity contribution >= 4 is 36.1 Å². The van der Waals surface area contributed by atoms with Crippen molar-refractivity contribution in [1.82, 2.24) is 26.7 Å². The molecule has 150 valence electrons. The maximum Gasteiger partial charge on any atom is 0.243 e. The molecule has 7 N–H and O–H groups in total. The van der Waals surface area contributed by atoms with Gasteiger partial charge in [-0.1, -0.05) is 0 Å². The van der Waals surface area contributed by atoms with Crippen LogP contribution in [-0.2, 0) is 19.2 Å². The van der Waals surface area contributed by atoms with Gasteiger partial charge >= 0.3 is 0 Å². The second kappa shape index (κ2) is 14.5. The minimum Gasteiger partial charge on any atom is -0.354 e. The van der Waals surface area contributed by atoms with Crippen molar-refractivity contribution in [1.29, 1.82) is 0 Å². The van der Waals surface area contributed by atoms with Gasteiger partial charge in [-0.05, 0) is 33.2 Å². The van der Waals surface area contributed by atoms with Crippen LogP contribution in [0.3, 0.4) is 0 Å². The number of nitrogens with one attached hydrogen (secondary N) is 5. The monoisotopic (exact) mass is 390 g/mol. The minimum atomic E-state index is -0.794. The van der Waals surface area contributed by atoms with Crippen molar-refractivity contribution in [2.45, 2.75) is 38.3 Å². The predicted molar refractivity (Wildman–Crippen MR) is 101 cm³/mol. The molecule has 0 aromatic carbocycles. The van der Waals surface area contributed by atoms with Crippen LogP contribution in [0.5, 0.6) is 0 Å². The quantitative estimate of drug-likeness (QED) is 0.0745. The Kier molecular flexibility index (Phi) is 13.5. The number of amides is 3. The summed E-state index contributed by atoms with van der Waals surface area (Å²) in [6, 6.07) is -0.961. The Morgan fingerprint density at radius 2 is 1.69 bits per heavy atom. The molecular formula is C15H30N6O4S. The van der Waals surface area contributed by atoms with E-state index in [0.29, 0.717) is 19.4 Å². The molecule has 0 radical (unpaired) electrons. The number of carbonyl (C=O) groups is 4. The molecule has 2 atom stereocenters. The van der Waals surface area contributed by atoms with Crippen molar-refractivity contribution in [2.24, 2.45) is 5.84 Å². The van der Waals surface area contributed by atoms with E-state index in [1.807, 2.05) is 0 Å². The Morgan fingerprint density at radius 1 is 1.00 bits per heavy atom. The molecule has 0 aliphatic heterocycles. The molecule has 0 saturated carbocycles. The van der Waals surface area contributed by atoms with E-state index < -0.39 is 17.9 Å². The van der Waals surface area contributed by atoms with Crippen molar-refractivity contribution < 1.29 is 19.2 Å². The summed E-state index contributed by atoms with van der Waals surface area (Å²) in [7, 11) is 1.74. The standard InChI is InChI=1S/C15H30N6O4S/c1-10(22)11(17-2)5-3-4-6-18-15(25)12(9-26)21-14(24)7-19-13(23)8-20-16/h11-12,17,20,26H,3-9,16H2,1-2H3,(H,18,25)(H,19,23)(H,21,24). The number of thiol groups is 1. The zero-order valence-corrected chi connectivity index (χ0v) is 16.2. The highest BCUT2D eigenvalue weighted by atomic mass is 32.1. The van der Waals surface area contributed by atoms with Crippen LogP contribution in [-0.4, -0.2) is 68.0 Å². The molecule has 0 bridgehead atoms. The lowest BCUT2D eigenvalue weighted by molar-refractivity contribution is -0.129. The van der Waals surface area contributed by atoms with Crippen LogP contribution in [0.25, 0.3) is 0 Å². The number of hydrazine groups is 1. The Morgan fingerprint density at radius 3 is 2.23 bits per heavy atom. The molecule has 3 amide bonds. The highest BCUT2D eigenvalue weighted by molar-refractivity contribution is 7.80. The summed E-state index contributed by atoms with van der Waals surface area (Å²) in [5.41, 5.74) is 2.17. The molecule has 0 aromatic rings. The van der Waals surface area contributed by atoms with Crippen LogP contribution in [0.4, 0.5) is 0 Å². The van der Waals surface area contributed by atoms with Crippen LogP contribution < -0.4 is 32.5 Å². The largest absolute Gasteiger partial charge is 0.354 e. The molecule has 0 aromatic heterocycles. The van der Waals surface area contributed by atoms with E-state index in [2.05, 4.69) is 39.3 Å². The van der Waals surface area contributed by atoms with Crippen molar-refractivity contribution in [2.75, 3.05) is 32.4 Å². The molecule has 0 rings (SSSR count). The van der Waals surface area contributed by atoms with Gasteiger partial charge in [0.15, 0.2) is 0 Å². The number of rotatable bonds is 14. The zero-order chi connectivity index (χ0) is 19.9. The molecule has 0 spiro atoms. The van der Waals surface area contributed by atoms with Crippen molar-refractivity contribution in [3.8, 4) is 0 Å². The van der Waals surface area contributed by atoms with E-state index in [1.54, 1.807) is 7.05 Å². The summed E-state index contributed by atoms with van der Waals surface area (Å²) in [6.45, 7) is 1.61. The molecule has 2 unspecified atom stereocenters. The smallest absolute Gasteiger partial charge is 0.243 e. The SMILES string of the molecule is CNC(CCCCNC(=O)C(CS)NC(=O)CNC(=O)CNN)C(C)=O. The van der Waals surface area contributed by atoms with Gasteiger partial charge in [0.2, 0.25) is 17.7 Å². The lowest BCUT2D eigenvalue weighted by Gasteiger charge is -2.17. The van der Waals surface area contributed by atoms with E-state index in [9.17, 15) is 19.2 Å². The average molecular weight is 391 g/mol. The topological polar surface area (TPSA) is 154 Å². The fourth-order valence-electron chi connectivity index (χ4n) is 2.13. The van der Waals surface area contributed by atoms with Crippen LogP contribution in [0.2, 0.25) is 0 Å². The van der Waals surface area contributed by atoms with Crippen LogP contribution >= 0.6 is 12.6 Å². The first-order chi connectivity index (χ1) is 12.3. The first-order valence-corrected chi connectivity index (χ1v) is 9.04. The number of likely N-dealkylation sites (N-methyl/N-ethyl adjacent to an activating group) is 1. The Hall–Kier alpha value is -1.69. The van der Waals surface area contributed by atoms with Crippen LogP contribution in [0, 0.1) is 0 Å². The fourth-order valence-corrected chi connectivity index (χ4v) is 2.39. The third-order valence-corrected chi connectivity index (χ3v) is 3.97. The van der Waals surface area contributed by atoms with Gasteiger partial charge < -0.3 is 21.3 Å². The molecule has 0 fully saturated rings. The van der Waals surface area contributed by atoms with E-state index in [0.717, 1.165) is 6.42 Å². The number of unbranched alkanes of at least 4 members (excludes halogenated alkanes) is 1.